The SMILES string of the molecule is Cc1ccc(NC(=O)CN2CCN(c3ccc(Cl)cc3)CC2)cc1Br. The maximum atomic E-state index is 12.3. The van der Waals surface area contributed by atoms with Crippen molar-refractivity contribution in [1.29, 1.82) is 0 Å². The van der Waals surface area contributed by atoms with Crippen LogP contribution >= 0.6 is 27.5 Å². The molecule has 25 heavy (non-hydrogen) atoms. The first-order valence-electron chi connectivity index (χ1n) is 8.30. The van der Waals surface area contributed by atoms with Crippen molar-refractivity contribution < 1.29 is 4.79 Å². The number of hydrogen-bond acceptors (Lipinski definition) is 3. The Kier molecular flexibility index (Phi) is 5.99. The van der Waals surface area contributed by atoms with Gasteiger partial charge in [-0.3, -0.25) is 9.69 Å². The van der Waals surface area contributed by atoms with Crippen LogP contribution in [-0.4, -0.2) is 43.5 Å². The number of carbonyl (C=O) groups excluding carboxylic acids is 1. The number of hydrogen-bond donors (Lipinski definition) is 1. The molecule has 0 unspecified atom stereocenters. The van der Waals surface area contributed by atoms with Gasteiger partial charge in [-0.05, 0) is 48.9 Å². The van der Waals surface area contributed by atoms with E-state index in [-0.39, 0.29) is 5.91 Å². The molecule has 0 radical (unpaired) electrons. The lowest BCUT2D eigenvalue weighted by Crippen LogP contribution is -2.48. The first kappa shape index (κ1) is 18.2. The van der Waals surface area contributed by atoms with Gasteiger partial charge in [0.1, 0.15) is 0 Å². The van der Waals surface area contributed by atoms with Crippen molar-refractivity contribution in [3.8, 4) is 0 Å². The molecule has 2 aromatic rings. The number of benzene rings is 2. The van der Waals surface area contributed by atoms with Gasteiger partial charge in [0, 0.05) is 47.0 Å². The molecule has 0 spiro atoms. The molecule has 2 aromatic carbocycles. The first-order valence-corrected chi connectivity index (χ1v) is 9.47. The van der Waals surface area contributed by atoms with E-state index in [1.807, 2.05) is 49.4 Å². The number of carbonyl (C=O) groups is 1. The molecule has 0 aliphatic carbocycles. The predicted octanol–water partition coefficient (Wildman–Crippen LogP) is 4.17. The molecule has 1 fully saturated rings. The number of amides is 1. The van der Waals surface area contributed by atoms with Crippen LogP contribution in [0.3, 0.4) is 0 Å². The Morgan fingerprint density at radius 2 is 1.80 bits per heavy atom. The van der Waals surface area contributed by atoms with Gasteiger partial charge in [0.05, 0.1) is 6.54 Å². The lowest BCUT2D eigenvalue weighted by molar-refractivity contribution is -0.117. The molecule has 132 valence electrons. The van der Waals surface area contributed by atoms with E-state index in [9.17, 15) is 4.79 Å². The number of nitrogens with one attached hydrogen (secondary N) is 1. The van der Waals surface area contributed by atoms with Crippen molar-refractivity contribution in [3.63, 3.8) is 0 Å². The van der Waals surface area contributed by atoms with Crippen LogP contribution in [-0.2, 0) is 4.79 Å². The molecule has 0 bridgehead atoms. The van der Waals surface area contributed by atoms with E-state index >= 15 is 0 Å². The second-order valence-electron chi connectivity index (χ2n) is 6.25. The fraction of sp³-hybridized carbons (Fsp3) is 0.316. The smallest absolute Gasteiger partial charge is 0.238 e. The number of piperazine rings is 1. The van der Waals surface area contributed by atoms with Crippen LogP contribution in [0.1, 0.15) is 5.56 Å². The number of anilines is 2. The van der Waals surface area contributed by atoms with Gasteiger partial charge in [0.25, 0.3) is 0 Å². The largest absolute Gasteiger partial charge is 0.369 e. The summed E-state index contributed by atoms with van der Waals surface area (Å²) in [7, 11) is 0. The van der Waals surface area contributed by atoms with Gasteiger partial charge in [-0.2, -0.15) is 0 Å². The predicted molar refractivity (Wildman–Crippen MR) is 108 cm³/mol. The van der Waals surface area contributed by atoms with Crippen molar-refractivity contribution in [2.45, 2.75) is 6.92 Å². The Morgan fingerprint density at radius 3 is 2.44 bits per heavy atom. The van der Waals surface area contributed by atoms with E-state index in [1.165, 1.54) is 5.69 Å². The number of rotatable bonds is 4. The van der Waals surface area contributed by atoms with E-state index < -0.39 is 0 Å². The highest BCUT2D eigenvalue weighted by Gasteiger charge is 2.19. The minimum atomic E-state index is 0.0238. The average molecular weight is 423 g/mol. The minimum Gasteiger partial charge on any atom is -0.369 e. The maximum absolute atomic E-state index is 12.3. The van der Waals surface area contributed by atoms with Crippen LogP contribution in [0, 0.1) is 6.92 Å². The third-order valence-electron chi connectivity index (χ3n) is 4.39. The summed E-state index contributed by atoms with van der Waals surface area (Å²) in [6.07, 6.45) is 0. The van der Waals surface area contributed by atoms with Crippen molar-refractivity contribution in [2.24, 2.45) is 0 Å². The van der Waals surface area contributed by atoms with E-state index in [2.05, 4.69) is 31.0 Å². The Hall–Kier alpha value is -1.56. The summed E-state index contributed by atoms with van der Waals surface area (Å²) in [5, 5.41) is 3.72. The fourth-order valence-corrected chi connectivity index (χ4v) is 3.40. The zero-order valence-electron chi connectivity index (χ0n) is 14.1. The van der Waals surface area contributed by atoms with Gasteiger partial charge in [-0.15, -0.1) is 0 Å². The summed E-state index contributed by atoms with van der Waals surface area (Å²) in [5.41, 5.74) is 3.15. The van der Waals surface area contributed by atoms with Crippen LogP contribution in [0.25, 0.3) is 0 Å². The normalized spacial score (nSPS) is 15.2. The minimum absolute atomic E-state index is 0.0238. The molecule has 1 aliphatic rings. The van der Waals surface area contributed by atoms with Crippen LogP contribution in [0.4, 0.5) is 11.4 Å². The van der Waals surface area contributed by atoms with Gasteiger partial charge in [-0.1, -0.05) is 33.6 Å². The molecule has 0 aromatic heterocycles. The van der Waals surface area contributed by atoms with Crippen molar-refractivity contribution in [3.05, 3.63) is 57.5 Å². The quantitative estimate of drug-likeness (QED) is 0.803. The molecular formula is C19H21BrClN3O. The number of halogens is 2. The Balaban J connectivity index is 1.49. The summed E-state index contributed by atoms with van der Waals surface area (Å²) in [5.74, 6) is 0.0238. The van der Waals surface area contributed by atoms with Gasteiger partial charge in [0.2, 0.25) is 5.91 Å². The van der Waals surface area contributed by atoms with Gasteiger partial charge >= 0.3 is 0 Å². The van der Waals surface area contributed by atoms with E-state index in [4.69, 9.17) is 11.6 Å². The Bertz CT molecular complexity index is 743. The van der Waals surface area contributed by atoms with Crippen LogP contribution in [0.2, 0.25) is 5.02 Å². The molecule has 1 heterocycles. The molecule has 6 heteroatoms. The molecule has 0 atom stereocenters. The highest BCUT2D eigenvalue weighted by atomic mass is 79.9. The zero-order valence-corrected chi connectivity index (χ0v) is 16.5. The third kappa shape index (κ3) is 4.97. The lowest BCUT2D eigenvalue weighted by atomic mass is 10.2. The topological polar surface area (TPSA) is 35.6 Å². The van der Waals surface area contributed by atoms with E-state index in [0.29, 0.717) is 6.54 Å². The summed E-state index contributed by atoms with van der Waals surface area (Å²) in [6.45, 7) is 5.99. The fourth-order valence-electron chi connectivity index (χ4n) is 2.89. The van der Waals surface area contributed by atoms with E-state index in [0.717, 1.165) is 46.9 Å². The summed E-state index contributed by atoms with van der Waals surface area (Å²) in [6, 6.07) is 13.8. The first-order chi connectivity index (χ1) is 12.0. The number of aryl methyl sites for hydroxylation is 1. The average Bonchev–Trinajstić information content (AvgIpc) is 2.60. The molecule has 4 nitrogen and oxygen atoms in total. The third-order valence-corrected chi connectivity index (χ3v) is 5.49. The standard InChI is InChI=1S/C19H21BrClN3O/c1-14-2-5-16(12-18(14)20)22-19(25)13-23-8-10-24(11-9-23)17-6-3-15(21)4-7-17/h2-7,12H,8-11,13H2,1H3,(H,22,25). The van der Waals surface area contributed by atoms with Crippen molar-refractivity contribution in [1.82, 2.24) is 4.90 Å². The molecule has 3 rings (SSSR count). The van der Waals surface area contributed by atoms with Crippen LogP contribution in [0.15, 0.2) is 46.9 Å². The highest BCUT2D eigenvalue weighted by molar-refractivity contribution is 9.10. The second-order valence-corrected chi connectivity index (χ2v) is 7.54. The van der Waals surface area contributed by atoms with Crippen molar-refractivity contribution >= 4 is 44.8 Å². The molecule has 1 aliphatic heterocycles. The summed E-state index contributed by atoms with van der Waals surface area (Å²) >= 11 is 9.43. The lowest BCUT2D eigenvalue weighted by Gasteiger charge is -2.35. The maximum Gasteiger partial charge on any atom is 0.238 e. The monoisotopic (exact) mass is 421 g/mol. The molecular weight excluding hydrogens is 402 g/mol. The highest BCUT2D eigenvalue weighted by Crippen LogP contribution is 2.21. The molecule has 1 saturated heterocycles. The second kappa shape index (κ2) is 8.21. The summed E-state index contributed by atoms with van der Waals surface area (Å²) in [4.78, 5) is 16.8. The van der Waals surface area contributed by atoms with E-state index in [1.54, 1.807) is 0 Å². The molecule has 0 saturated carbocycles. The molecule has 1 N–H and O–H groups in total. The molecule has 1 amide bonds. The Labute approximate surface area is 161 Å². The van der Waals surface area contributed by atoms with Gasteiger partial charge in [-0.25, -0.2) is 0 Å². The Morgan fingerprint density at radius 1 is 1.12 bits per heavy atom. The van der Waals surface area contributed by atoms with Gasteiger partial charge in [0.15, 0.2) is 0 Å². The zero-order chi connectivity index (χ0) is 17.8. The number of nitrogens with zero attached hydrogens (tertiary/aromatic N) is 2. The van der Waals surface area contributed by atoms with Gasteiger partial charge < -0.3 is 10.2 Å². The summed E-state index contributed by atoms with van der Waals surface area (Å²) < 4.78 is 1.00. The van der Waals surface area contributed by atoms with Crippen LogP contribution in [0.5, 0.6) is 0 Å². The van der Waals surface area contributed by atoms with Crippen LogP contribution < -0.4 is 10.2 Å². The van der Waals surface area contributed by atoms with Crippen molar-refractivity contribution in [2.75, 3.05) is 42.9 Å².